The van der Waals surface area contributed by atoms with Gasteiger partial charge in [0, 0.05) is 11.5 Å². The number of carbonyl (C=O) groups is 1. The zero-order valence-corrected chi connectivity index (χ0v) is 14.5. The Balaban J connectivity index is 1.92. The third-order valence-electron chi connectivity index (χ3n) is 3.18. The highest BCUT2D eigenvalue weighted by molar-refractivity contribution is 7.98. The third kappa shape index (κ3) is 3.60. The van der Waals surface area contributed by atoms with Crippen LogP contribution in [0.3, 0.4) is 0 Å². The number of fused-ring (bicyclic) bond motifs is 1. The largest absolute Gasteiger partial charge is 0.463 e. The molecule has 2 heterocycles. The van der Waals surface area contributed by atoms with Crippen molar-refractivity contribution in [1.82, 2.24) is 9.36 Å². The van der Waals surface area contributed by atoms with Gasteiger partial charge in [-0.3, -0.25) is 14.9 Å². The average Bonchev–Trinajstić information content (AvgIpc) is 3.09. The molecule has 3 aromatic rings. The summed E-state index contributed by atoms with van der Waals surface area (Å²) in [5.74, 6) is -0.668. The Bertz CT molecular complexity index is 1080. The lowest BCUT2D eigenvalue weighted by atomic mass is 10.1. The van der Waals surface area contributed by atoms with Crippen molar-refractivity contribution in [1.29, 1.82) is 5.26 Å². The second-order valence-corrected chi connectivity index (χ2v) is 6.25. The molecule has 2 aromatic heterocycles. The molecule has 1 amide bonds. The van der Waals surface area contributed by atoms with Gasteiger partial charge in [-0.2, -0.15) is 14.6 Å². The highest BCUT2D eigenvalue weighted by Gasteiger charge is 2.14. The summed E-state index contributed by atoms with van der Waals surface area (Å²) in [5.41, 5.74) is 0.00463. The van der Waals surface area contributed by atoms with Gasteiger partial charge in [0.25, 0.3) is 5.91 Å². The van der Waals surface area contributed by atoms with Crippen molar-refractivity contribution in [3.63, 3.8) is 0 Å². The summed E-state index contributed by atoms with van der Waals surface area (Å²) in [6, 6.07) is 8.54. The van der Waals surface area contributed by atoms with Crippen molar-refractivity contribution in [3.8, 4) is 6.07 Å². The molecule has 0 saturated heterocycles. The standard InChI is InChI=1S/C16H10N4O3S2/c1-24-16-19-15(25-20-16)18-14(22)9(7-17)6-10-8-23-12-5-3-2-4-11(12)13(10)21/h2-6,8H,1H3,(H,18,19,20,22)/b9-6-. The van der Waals surface area contributed by atoms with E-state index in [0.29, 0.717) is 16.1 Å². The number of amides is 1. The molecule has 9 heteroatoms. The van der Waals surface area contributed by atoms with Crippen LogP contribution in [-0.4, -0.2) is 21.5 Å². The number of benzene rings is 1. The van der Waals surface area contributed by atoms with E-state index in [2.05, 4.69) is 14.7 Å². The minimum atomic E-state index is -0.668. The molecule has 0 spiro atoms. The number of rotatable bonds is 4. The number of nitriles is 1. The molecule has 0 aliphatic rings. The van der Waals surface area contributed by atoms with Crippen LogP contribution in [0.1, 0.15) is 5.56 Å². The fraction of sp³-hybridized carbons (Fsp3) is 0.0625. The Hall–Kier alpha value is -2.96. The van der Waals surface area contributed by atoms with Gasteiger partial charge in [-0.25, -0.2) is 0 Å². The summed E-state index contributed by atoms with van der Waals surface area (Å²) in [6.45, 7) is 0. The predicted octanol–water partition coefficient (Wildman–Crippen LogP) is 2.91. The van der Waals surface area contributed by atoms with Gasteiger partial charge in [0.05, 0.1) is 10.9 Å². The molecule has 1 aromatic carbocycles. The predicted molar refractivity (Wildman–Crippen MR) is 96.4 cm³/mol. The number of thioether (sulfide) groups is 1. The van der Waals surface area contributed by atoms with E-state index in [0.717, 1.165) is 11.5 Å². The van der Waals surface area contributed by atoms with Gasteiger partial charge in [-0.1, -0.05) is 23.9 Å². The second-order valence-electron chi connectivity index (χ2n) is 4.73. The maximum Gasteiger partial charge on any atom is 0.268 e. The first-order valence-electron chi connectivity index (χ1n) is 6.93. The molecular weight excluding hydrogens is 360 g/mol. The van der Waals surface area contributed by atoms with Gasteiger partial charge in [-0.05, 0) is 24.5 Å². The van der Waals surface area contributed by atoms with Crippen LogP contribution in [-0.2, 0) is 4.79 Å². The molecule has 0 bridgehead atoms. The van der Waals surface area contributed by atoms with E-state index in [1.54, 1.807) is 30.3 Å². The zero-order valence-electron chi connectivity index (χ0n) is 12.8. The number of nitrogens with zero attached hydrogens (tertiary/aromatic N) is 3. The van der Waals surface area contributed by atoms with Crippen molar-refractivity contribution in [2.75, 3.05) is 11.6 Å². The van der Waals surface area contributed by atoms with E-state index < -0.39 is 5.91 Å². The highest BCUT2D eigenvalue weighted by atomic mass is 32.2. The van der Waals surface area contributed by atoms with Gasteiger partial charge < -0.3 is 4.42 Å². The van der Waals surface area contributed by atoms with Gasteiger partial charge in [0.2, 0.25) is 10.3 Å². The van der Waals surface area contributed by atoms with Gasteiger partial charge in [-0.15, -0.1) is 0 Å². The van der Waals surface area contributed by atoms with Crippen molar-refractivity contribution in [2.24, 2.45) is 0 Å². The van der Waals surface area contributed by atoms with Gasteiger partial charge in [0.15, 0.2) is 5.43 Å². The van der Waals surface area contributed by atoms with E-state index >= 15 is 0 Å². The Morgan fingerprint density at radius 1 is 1.44 bits per heavy atom. The summed E-state index contributed by atoms with van der Waals surface area (Å²) in [4.78, 5) is 28.7. The Morgan fingerprint density at radius 3 is 2.96 bits per heavy atom. The molecule has 0 unspecified atom stereocenters. The lowest BCUT2D eigenvalue weighted by Crippen LogP contribution is -2.14. The van der Waals surface area contributed by atoms with Gasteiger partial charge >= 0.3 is 0 Å². The van der Waals surface area contributed by atoms with Crippen LogP contribution in [0.2, 0.25) is 0 Å². The van der Waals surface area contributed by atoms with Crippen LogP contribution >= 0.6 is 23.3 Å². The normalized spacial score (nSPS) is 11.3. The van der Waals surface area contributed by atoms with Crippen molar-refractivity contribution in [2.45, 2.75) is 5.16 Å². The monoisotopic (exact) mass is 370 g/mol. The van der Waals surface area contributed by atoms with Crippen molar-refractivity contribution >= 4 is 51.4 Å². The van der Waals surface area contributed by atoms with Crippen LogP contribution in [0.15, 0.2) is 50.5 Å². The van der Waals surface area contributed by atoms with Crippen molar-refractivity contribution in [3.05, 3.63) is 51.9 Å². The van der Waals surface area contributed by atoms with E-state index in [4.69, 9.17) is 4.42 Å². The van der Waals surface area contributed by atoms with Crippen LogP contribution in [0, 0.1) is 11.3 Å². The van der Waals surface area contributed by atoms with E-state index in [1.807, 2.05) is 6.26 Å². The summed E-state index contributed by atoms with van der Waals surface area (Å²) in [6.07, 6.45) is 4.24. The Labute approximate surface area is 150 Å². The molecule has 7 nitrogen and oxygen atoms in total. The van der Waals surface area contributed by atoms with E-state index in [-0.39, 0.29) is 21.7 Å². The summed E-state index contributed by atoms with van der Waals surface area (Å²) in [5, 5.41) is 12.9. The number of anilines is 1. The number of para-hydroxylation sites is 1. The summed E-state index contributed by atoms with van der Waals surface area (Å²) in [7, 11) is 0. The minimum Gasteiger partial charge on any atom is -0.463 e. The first-order chi connectivity index (χ1) is 12.1. The quantitative estimate of drug-likeness (QED) is 0.427. The average molecular weight is 370 g/mol. The topological polar surface area (TPSA) is 109 Å². The Kier molecular flexibility index (Phi) is 4.92. The van der Waals surface area contributed by atoms with E-state index in [9.17, 15) is 14.9 Å². The number of hydrogen-bond donors (Lipinski definition) is 1. The Morgan fingerprint density at radius 2 is 2.24 bits per heavy atom. The first kappa shape index (κ1) is 16.9. The molecule has 0 fully saturated rings. The molecule has 25 heavy (non-hydrogen) atoms. The van der Waals surface area contributed by atoms with Crippen LogP contribution in [0.4, 0.5) is 5.13 Å². The fourth-order valence-corrected chi connectivity index (χ4v) is 3.13. The maximum atomic E-state index is 12.4. The summed E-state index contributed by atoms with van der Waals surface area (Å²) >= 11 is 2.35. The van der Waals surface area contributed by atoms with Crippen LogP contribution in [0.25, 0.3) is 17.0 Å². The first-order valence-corrected chi connectivity index (χ1v) is 8.93. The second kappa shape index (κ2) is 7.29. The van der Waals surface area contributed by atoms with E-state index in [1.165, 1.54) is 24.1 Å². The SMILES string of the molecule is CSc1nsc(NC(=O)/C(C#N)=C\c2coc3ccccc3c2=O)n1. The third-order valence-corrected chi connectivity index (χ3v) is 4.48. The molecular formula is C16H10N4O3S2. The van der Waals surface area contributed by atoms with Crippen LogP contribution < -0.4 is 10.7 Å². The molecule has 0 aliphatic heterocycles. The fourth-order valence-electron chi connectivity index (χ4n) is 2.00. The number of carbonyl (C=O) groups excluding carboxylic acids is 1. The smallest absolute Gasteiger partial charge is 0.268 e. The molecule has 0 saturated carbocycles. The molecule has 0 aliphatic carbocycles. The zero-order chi connectivity index (χ0) is 17.8. The lowest BCUT2D eigenvalue weighted by Gasteiger charge is -2.00. The number of hydrogen-bond acceptors (Lipinski definition) is 8. The number of aromatic nitrogens is 2. The molecule has 3 rings (SSSR count). The lowest BCUT2D eigenvalue weighted by molar-refractivity contribution is -0.112. The number of nitrogens with one attached hydrogen (secondary N) is 1. The highest BCUT2D eigenvalue weighted by Crippen LogP contribution is 2.18. The molecule has 0 radical (unpaired) electrons. The molecule has 0 atom stereocenters. The molecule has 124 valence electrons. The summed E-state index contributed by atoms with van der Waals surface area (Å²) < 4.78 is 9.39. The van der Waals surface area contributed by atoms with Gasteiger partial charge in [0.1, 0.15) is 23.5 Å². The van der Waals surface area contributed by atoms with Crippen molar-refractivity contribution < 1.29 is 9.21 Å². The van der Waals surface area contributed by atoms with Crippen LogP contribution in [0.5, 0.6) is 0 Å². The minimum absolute atomic E-state index is 0.118. The maximum absolute atomic E-state index is 12.4. The molecule has 1 N–H and O–H groups in total.